The third kappa shape index (κ3) is 1.87. The number of rotatable bonds is 3. The molecule has 3 heteroatoms. The highest BCUT2D eigenvalue weighted by molar-refractivity contribution is 5.84. The topological polar surface area (TPSA) is 32.3 Å². The van der Waals surface area contributed by atoms with Crippen LogP contribution in [0.4, 0.5) is 0 Å². The van der Waals surface area contributed by atoms with Crippen LogP contribution in [0.2, 0.25) is 0 Å². The van der Waals surface area contributed by atoms with Gasteiger partial charge in [-0.2, -0.15) is 0 Å². The summed E-state index contributed by atoms with van der Waals surface area (Å²) in [5, 5.41) is 3.38. The van der Waals surface area contributed by atoms with Crippen LogP contribution in [0, 0.1) is 23.7 Å². The van der Waals surface area contributed by atoms with E-state index in [9.17, 15) is 4.79 Å². The van der Waals surface area contributed by atoms with Crippen LogP contribution >= 0.6 is 0 Å². The molecule has 3 aliphatic rings. The monoisotopic (exact) mass is 250 g/mol. The summed E-state index contributed by atoms with van der Waals surface area (Å²) in [6.07, 6.45) is 5.64. The van der Waals surface area contributed by atoms with Crippen LogP contribution in [0.25, 0.3) is 0 Å². The van der Waals surface area contributed by atoms with Crippen LogP contribution in [0.1, 0.15) is 46.5 Å². The number of nitrogens with one attached hydrogen (secondary N) is 1. The summed E-state index contributed by atoms with van der Waals surface area (Å²) in [6.45, 7) is 7.28. The van der Waals surface area contributed by atoms with Gasteiger partial charge in [0.25, 0.3) is 0 Å². The Morgan fingerprint density at radius 1 is 1.22 bits per heavy atom. The molecular formula is C15H26N2O. The molecule has 0 aromatic rings. The van der Waals surface area contributed by atoms with E-state index in [0.29, 0.717) is 17.9 Å². The van der Waals surface area contributed by atoms with Crippen molar-refractivity contribution < 1.29 is 4.79 Å². The van der Waals surface area contributed by atoms with E-state index in [0.717, 1.165) is 24.4 Å². The van der Waals surface area contributed by atoms with Gasteiger partial charge in [-0.25, -0.2) is 0 Å². The normalized spacial score (nSPS) is 41.1. The van der Waals surface area contributed by atoms with E-state index in [2.05, 4.69) is 31.0 Å². The van der Waals surface area contributed by atoms with Crippen molar-refractivity contribution in [2.75, 3.05) is 6.67 Å². The lowest BCUT2D eigenvalue weighted by atomic mass is 9.83. The van der Waals surface area contributed by atoms with Gasteiger partial charge in [-0.3, -0.25) is 10.1 Å². The molecule has 1 heterocycles. The largest absolute Gasteiger partial charge is 0.326 e. The van der Waals surface area contributed by atoms with Gasteiger partial charge >= 0.3 is 0 Å². The summed E-state index contributed by atoms with van der Waals surface area (Å²) in [7, 11) is 0. The van der Waals surface area contributed by atoms with Crippen molar-refractivity contribution in [3.8, 4) is 0 Å². The average molecular weight is 250 g/mol. The summed E-state index contributed by atoms with van der Waals surface area (Å²) in [5.74, 6) is 3.36. The minimum absolute atomic E-state index is 0.0473. The van der Waals surface area contributed by atoms with Gasteiger partial charge in [-0.15, -0.1) is 0 Å². The molecule has 3 rings (SSSR count). The Hall–Kier alpha value is -0.570. The molecule has 0 spiro atoms. The van der Waals surface area contributed by atoms with Crippen molar-refractivity contribution in [3.05, 3.63) is 0 Å². The molecule has 2 saturated carbocycles. The van der Waals surface area contributed by atoms with Crippen LogP contribution in [0.3, 0.4) is 0 Å². The van der Waals surface area contributed by atoms with Crippen LogP contribution in [0.5, 0.6) is 0 Å². The maximum Gasteiger partial charge on any atom is 0.241 e. The quantitative estimate of drug-likeness (QED) is 0.833. The van der Waals surface area contributed by atoms with Crippen molar-refractivity contribution >= 4 is 5.91 Å². The van der Waals surface area contributed by atoms with Crippen molar-refractivity contribution in [2.24, 2.45) is 23.7 Å². The standard InChI is InChI=1S/C15H26N2O/c1-9(2)14-15(18)17(8-16-14)10(3)13-7-11-4-5-12(13)6-11/h9-14,16H,4-8H2,1-3H3. The average Bonchev–Trinajstić information content (AvgIpc) is 3.01. The van der Waals surface area contributed by atoms with E-state index >= 15 is 0 Å². The summed E-state index contributed by atoms with van der Waals surface area (Å²) in [4.78, 5) is 14.5. The fourth-order valence-corrected chi connectivity index (χ4v) is 4.52. The first-order valence-electron chi connectivity index (χ1n) is 7.61. The maximum absolute atomic E-state index is 12.4. The Morgan fingerprint density at radius 2 is 2.00 bits per heavy atom. The third-order valence-corrected chi connectivity index (χ3v) is 5.60. The van der Waals surface area contributed by atoms with Crippen molar-refractivity contribution in [3.63, 3.8) is 0 Å². The SMILES string of the molecule is CC(C)C1NCN(C(C)C2CC3CCC2C3)C1=O. The highest BCUT2D eigenvalue weighted by Gasteiger charge is 2.46. The van der Waals surface area contributed by atoms with E-state index in [-0.39, 0.29) is 6.04 Å². The van der Waals surface area contributed by atoms with Crippen molar-refractivity contribution in [1.29, 1.82) is 0 Å². The first-order valence-corrected chi connectivity index (χ1v) is 7.61. The molecule has 0 aromatic carbocycles. The molecule has 3 nitrogen and oxygen atoms in total. The maximum atomic E-state index is 12.4. The Kier molecular flexibility index (Phi) is 3.13. The smallest absolute Gasteiger partial charge is 0.241 e. The minimum Gasteiger partial charge on any atom is -0.326 e. The highest BCUT2D eigenvalue weighted by Crippen LogP contribution is 2.50. The van der Waals surface area contributed by atoms with Gasteiger partial charge in [-0.05, 0) is 49.9 Å². The Morgan fingerprint density at radius 3 is 2.50 bits per heavy atom. The molecule has 1 aliphatic heterocycles. The second kappa shape index (κ2) is 4.52. The van der Waals surface area contributed by atoms with E-state index in [1.807, 2.05) is 0 Å². The zero-order valence-electron chi connectivity index (χ0n) is 11.9. The van der Waals surface area contributed by atoms with Crippen molar-refractivity contribution in [1.82, 2.24) is 10.2 Å². The van der Waals surface area contributed by atoms with Gasteiger partial charge in [0.05, 0.1) is 12.7 Å². The number of hydrogen-bond acceptors (Lipinski definition) is 2. The Bertz CT molecular complexity index is 341. The number of fused-ring (bicyclic) bond motifs is 2. The lowest BCUT2D eigenvalue weighted by Crippen LogP contribution is -2.43. The number of carbonyl (C=O) groups excluding carboxylic acids is 1. The molecule has 2 aliphatic carbocycles. The van der Waals surface area contributed by atoms with Gasteiger partial charge in [-0.1, -0.05) is 20.3 Å². The molecular weight excluding hydrogens is 224 g/mol. The van der Waals surface area contributed by atoms with E-state index in [4.69, 9.17) is 0 Å². The predicted octanol–water partition coefficient (Wildman–Crippen LogP) is 2.22. The summed E-state index contributed by atoms with van der Waals surface area (Å²) < 4.78 is 0. The Balaban J connectivity index is 1.67. The molecule has 0 aromatic heterocycles. The minimum atomic E-state index is 0.0473. The van der Waals surface area contributed by atoms with Gasteiger partial charge in [0.1, 0.15) is 0 Å². The predicted molar refractivity (Wildman–Crippen MR) is 71.9 cm³/mol. The van der Waals surface area contributed by atoms with Crippen LogP contribution in [-0.4, -0.2) is 29.6 Å². The van der Waals surface area contributed by atoms with Crippen LogP contribution < -0.4 is 5.32 Å². The molecule has 1 amide bonds. The van der Waals surface area contributed by atoms with Crippen LogP contribution in [-0.2, 0) is 4.79 Å². The van der Waals surface area contributed by atoms with Gasteiger partial charge in [0.2, 0.25) is 5.91 Å². The molecule has 18 heavy (non-hydrogen) atoms. The highest BCUT2D eigenvalue weighted by atomic mass is 16.2. The molecule has 1 saturated heterocycles. The molecule has 3 fully saturated rings. The first kappa shape index (κ1) is 12.5. The lowest BCUT2D eigenvalue weighted by molar-refractivity contribution is -0.132. The third-order valence-electron chi connectivity index (χ3n) is 5.60. The molecule has 0 radical (unpaired) electrons. The number of nitrogens with zero attached hydrogens (tertiary/aromatic N) is 1. The Labute approximate surface area is 110 Å². The zero-order valence-corrected chi connectivity index (χ0v) is 11.9. The molecule has 5 atom stereocenters. The number of amides is 1. The molecule has 1 N–H and O–H groups in total. The summed E-state index contributed by atoms with van der Waals surface area (Å²) in [5.41, 5.74) is 0. The molecule has 102 valence electrons. The molecule has 5 unspecified atom stereocenters. The number of hydrogen-bond donors (Lipinski definition) is 1. The van der Waals surface area contributed by atoms with E-state index < -0.39 is 0 Å². The van der Waals surface area contributed by atoms with E-state index in [1.54, 1.807) is 0 Å². The molecule has 2 bridgehead atoms. The van der Waals surface area contributed by atoms with Gasteiger partial charge in [0, 0.05) is 6.04 Å². The first-order chi connectivity index (χ1) is 8.58. The van der Waals surface area contributed by atoms with E-state index in [1.165, 1.54) is 25.7 Å². The fourth-order valence-electron chi connectivity index (χ4n) is 4.52. The number of carbonyl (C=O) groups is 1. The fraction of sp³-hybridized carbons (Fsp3) is 0.933. The van der Waals surface area contributed by atoms with Crippen molar-refractivity contribution in [2.45, 2.75) is 58.5 Å². The van der Waals surface area contributed by atoms with Gasteiger partial charge in [0.15, 0.2) is 0 Å². The van der Waals surface area contributed by atoms with Gasteiger partial charge < -0.3 is 4.90 Å². The second-order valence-electron chi connectivity index (χ2n) is 6.97. The second-order valence-corrected chi connectivity index (χ2v) is 6.97. The lowest BCUT2D eigenvalue weighted by Gasteiger charge is -2.34. The summed E-state index contributed by atoms with van der Waals surface area (Å²) in [6, 6.07) is 0.482. The summed E-state index contributed by atoms with van der Waals surface area (Å²) >= 11 is 0. The van der Waals surface area contributed by atoms with Crippen LogP contribution in [0.15, 0.2) is 0 Å². The zero-order chi connectivity index (χ0) is 12.9.